The van der Waals surface area contributed by atoms with E-state index in [1.165, 1.54) is 36.5 Å². The first-order valence-electron chi connectivity index (χ1n) is 9.33. The number of benzene rings is 1. The fraction of sp³-hybridized carbons (Fsp3) is 0.0526. The van der Waals surface area contributed by atoms with Crippen molar-refractivity contribution >= 4 is 51.6 Å². The lowest BCUT2D eigenvalue weighted by Gasteiger charge is -2.14. The van der Waals surface area contributed by atoms with Crippen LogP contribution in [0, 0.1) is 11.3 Å². The number of aromatic nitrogens is 2. The van der Waals surface area contributed by atoms with Crippen LogP contribution in [0.5, 0.6) is 0 Å². The summed E-state index contributed by atoms with van der Waals surface area (Å²) in [5, 5.41) is 32.2. The number of amides is 1. The van der Waals surface area contributed by atoms with Crippen LogP contribution in [0.3, 0.4) is 0 Å². The molecule has 0 radical (unpaired) electrons. The van der Waals surface area contributed by atoms with Crippen molar-refractivity contribution in [2.45, 2.75) is 11.6 Å². The number of carboxylic acid groups (broad SMARTS) is 1. The Kier molecular flexibility index (Phi) is 5.84. The van der Waals surface area contributed by atoms with Gasteiger partial charge in [-0.15, -0.1) is 0 Å². The summed E-state index contributed by atoms with van der Waals surface area (Å²) in [6.45, 7) is 0.217. The largest absolute Gasteiger partial charge is 0.491 e. The molecule has 0 aliphatic carbocycles. The molecule has 0 unspecified atom stereocenters. The van der Waals surface area contributed by atoms with Crippen LogP contribution in [0.25, 0.3) is 0 Å². The number of nitrogens with zero attached hydrogens (tertiary/aromatic N) is 3. The van der Waals surface area contributed by atoms with E-state index < -0.39 is 28.3 Å². The number of nitriles is 1. The third-order valence-electron chi connectivity index (χ3n) is 4.57. The lowest BCUT2D eigenvalue weighted by molar-refractivity contribution is 0.209. The first-order chi connectivity index (χ1) is 15.7. The van der Waals surface area contributed by atoms with Crippen molar-refractivity contribution < 1.29 is 28.0 Å². The molecule has 3 aromatic rings. The highest BCUT2D eigenvalue weighted by Crippen LogP contribution is 2.27. The molecule has 0 saturated carbocycles. The summed E-state index contributed by atoms with van der Waals surface area (Å²) >= 11 is 0. The molecular weight excluding hydrogens is 451 g/mol. The van der Waals surface area contributed by atoms with Crippen LogP contribution >= 0.6 is 0 Å². The summed E-state index contributed by atoms with van der Waals surface area (Å²) < 4.78 is 33.7. The highest BCUT2D eigenvalue weighted by Gasteiger charge is 2.28. The van der Waals surface area contributed by atoms with Crippen LogP contribution in [-0.2, 0) is 21.3 Å². The van der Waals surface area contributed by atoms with E-state index in [-0.39, 0.29) is 29.5 Å². The smallest absolute Gasteiger partial charge is 0.465 e. The average Bonchev–Trinajstić information content (AvgIpc) is 3.14. The molecule has 0 spiro atoms. The van der Waals surface area contributed by atoms with Gasteiger partial charge in [-0.2, -0.15) is 13.7 Å². The van der Waals surface area contributed by atoms with E-state index in [4.69, 9.17) is 15.0 Å². The normalized spacial score (nSPS) is 12.5. The predicted molar refractivity (Wildman–Crippen MR) is 118 cm³/mol. The van der Waals surface area contributed by atoms with Gasteiger partial charge in [-0.1, -0.05) is 6.07 Å². The molecular formula is C19H15BN6O6S. The molecule has 2 aromatic heterocycles. The summed E-state index contributed by atoms with van der Waals surface area (Å²) in [6.07, 6.45) is 0.992. The molecule has 4 rings (SSSR count). The quantitative estimate of drug-likeness (QED) is 0.331. The molecule has 0 saturated heterocycles. The monoisotopic (exact) mass is 466 g/mol. The van der Waals surface area contributed by atoms with Crippen LogP contribution in [0.4, 0.5) is 27.7 Å². The number of fused-ring (bicyclic) bond motifs is 1. The maximum atomic E-state index is 13.1. The Morgan fingerprint density at radius 3 is 2.67 bits per heavy atom. The highest BCUT2D eigenvalue weighted by atomic mass is 32.2. The SMILES string of the molecule is N#Cc1ccc(Nc2cc(NC(=O)O)cnc2S(=O)(=O)Nc2ccc3c(c2)B(O)OC3)nc1. The van der Waals surface area contributed by atoms with Gasteiger partial charge in [-0.3, -0.25) is 10.0 Å². The topological polar surface area (TPSA) is 187 Å². The zero-order chi connectivity index (χ0) is 23.6. The minimum atomic E-state index is -4.26. The summed E-state index contributed by atoms with van der Waals surface area (Å²) in [5.74, 6) is 0.206. The summed E-state index contributed by atoms with van der Waals surface area (Å²) in [7, 11) is -5.41. The summed E-state index contributed by atoms with van der Waals surface area (Å²) in [6, 6.07) is 10.7. The molecule has 166 valence electrons. The number of hydrogen-bond donors (Lipinski definition) is 5. The maximum absolute atomic E-state index is 13.1. The second kappa shape index (κ2) is 8.75. The van der Waals surface area contributed by atoms with Gasteiger partial charge in [-0.25, -0.2) is 14.8 Å². The van der Waals surface area contributed by atoms with E-state index in [9.17, 15) is 18.2 Å². The average molecular weight is 466 g/mol. The van der Waals surface area contributed by atoms with Crippen LogP contribution < -0.4 is 20.8 Å². The minimum Gasteiger partial charge on any atom is -0.465 e. The first-order valence-corrected chi connectivity index (χ1v) is 10.8. The van der Waals surface area contributed by atoms with E-state index in [1.54, 1.807) is 6.07 Å². The number of hydrogen-bond acceptors (Lipinski definition) is 9. The molecule has 1 aliphatic heterocycles. The molecule has 1 aromatic carbocycles. The molecule has 3 heterocycles. The number of sulfonamides is 1. The van der Waals surface area contributed by atoms with Crippen LogP contribution in [0.2, 0.25) is 0 Å². The van der Waals surface area contributed by atoms with Gasteiger partial charge in [0.1, 0.15) is 11.9 Å². The van der Waals surface area contributed by atoms with Crippen molar-refractivity contribution in [3.05, 3.63) is 59.9 Å². The molecule has 12 nitrogen and oxygen atoms in total. The molecule has 5 N–H and O–H groups in total. The number of anilines is 4. The Balaban J connectivity index is 1.69. The van der Waals surface area contributed by atoms with Crippen molar-refractivity contribution in [3.8, 4) is 6.07 Å². The number of rotatable bonds is 6. The van der Waals surface area contributed by atoms with E-state index >= 15 is 0 Å². The lowest BCUT2D eigenvalue weighted by Crippen LogP contribution is -2.28. The van der Waals surface area contributed by atoms with Gasteiger partial charge in [0.2, 0.25) is 0 Å². The molecule has 0 fully saturated rings. The Hall–Kier alpha value is -4.19. The standard InChI is InChI=1S/C19H15BN6O6S/c21-7-11-1-4-17(22-8-11)25-16-6-14(24-19(27)28)9-23-18(16)33(30,31)26-13-3-2-12-10-32-20(29)15(12)5-13/h1-6,8-9,24,26,29H,10H2,(H,22,25)(H,27,28). The van der Waals surface area contributed by atoms with Crippen molar-refractivity contribution in [2.75, 3.05) is 15.4 Å². The van der Waals surface area contributed by atoms with Gasteiger partial charge < -0.3 is 20.1 Å². The zero-order valence-corrected chi connectivity index (χ0v) is 17.5. The predicted octanol–water partition coefficient (Wildman–Crippen LogP) is 1.20. The maximum Gasteiger partial charge on any atom is 0.491 e. The van der Waals surface area contributed by atoms with E-state index in [1.807, 2.05) is 6.07 Å². The molecule has 0 atom stereocenters. The molecule has 33 heavy (non-hydrogen) atoms. The Labute approximate surface area is 188 Å². The van der Waals surface area contributed by atoms with Crippen molar-refractivity contribution in [3.63, 3.8) is 0 Å². The lowest BCUT2D eigenvalue weighted by atomic mass is 9.79. The van der Waals surface area contributed by atoms with Crippen molar-refractivity contribution in [1.82, 2.24) is 9.97 Å². The molecule has 1 aliphatic rings. The fourth-order valence-electron chi connectivity index (χ4n) is 3.10. The van der Waals surface area contributed by atoms with Gasteiger partial charge in [0.15, 0.2) is 5.03 Å². The second-order valence-corrected chi connectivity index (χ2v) is 8.46. The van der Waals surface area contributed by atoms with E-state index in [0.717, 1.165) is 11.8 Å². The van der Waals surface area contributed by atoms with Crippen molar-refractivity contribution in [1.29, 1.82) is 5.26 Å². The van der Waals surface area contributed by atoms with E-state index in [2.05, 4.69) is 25.3 Å². The van der Waals surface area contributed by atoms with Gasteiger partial charge in [0.25, 0.3) is 10.0 Å². The number of pyridine rings is 2. The Bertz CT molecular complexity index is 1380. The second-order valence-electron chi connectivity index (χ2n) is 6.86. The summed E-state index contributed by atoms with van der Waals surface area (Å²) in [4.78, 5) is 18.9. The molecule has 14 heteroatoms. The Morgan fingerprint density at radius 2 is 1.97 bits per heavy atom. The fourth-order valence-corrected chi connectivity index (χ4v) is 4.23. The van der Waals surface area contributed by atoms with Gasteiger partial charge in [0, 0.05) is 11.9 Å². The minimum absolute atomic E-state index is 0.0235. The Morgan fingerprint density at radius 1 is 1.15 bits per heavy atom. The first kappa shape index (κ1) is 22.0. The van der Waals surface area contributed by atoms with Crippen molar-refractivity contribution in [2.24, 2.45) is 0 Å². The number of carbonyl (C=O) groups is 1. The van der Waals surface area contributed by atoms with Crippen LogP contribution in [0.1, 0.15) is 11.1 Å². The zero-order valence-electron chi connectivity index (χ0n) is 16.7. The highest BCUT2D eigenvalue weighted by molar-refractivity contribution is 7.92. The van der Waals surface area contributed by atoms with Crippen LogP contribution in [-0.4, -0.2) is 41.7 Å². The van der Waals surface area contributed by atoms with Crippen LogP contribution in [0.15, 0.2) is 53.8 Å². The van der Waals surface area contributed by atoms with Gasteiger partial charge >= 0.3 is 13.2 Å². The molecule has 0 bridgehead atoms. The van der Waals surface area contributed by atoms with Gasteiger partial charge in [-0.05, 0) is 41.4 Å². The third-order valence-corrected chi connectivity index (χ3v) is 5.91. The van der Waals surface area contributed by atoms with Gasteiger partial charge in [0.05, 0.1) is 29.7 Å². The van der Waals surface area contributed by atoms with E-state index in [0.29, 0.717) is 11.0 Å². The summed E-state index contributed by atoms with van der Waals surface area (Å²) in [5.41, 5.74) is 1.63. The number of nitrogens with one attached hydrogen (secondary N) is 3. The third kappa shape index (κ3) is 4.85. The molecule has 1 amide bonds.